The van der Waals surface area contributed by atoms with Crippen molar-refractivity contribution in [1.29, 1.82) is 0 Å². The highest BCUT2D eigenvalue weighted by Gasteiger charge is 2.19. The number of fused-ring (bicyclic) bond motifs is 1. The van der Waals surface area contributed by atoms with Gasteiger partial charge in [0, 0.05) is 10.9 Å². The molecule has 2 aromatic rings. The lowest BCUT2D eigenvalue weighted by atomic mass is 10.0. The van der Waals surface area contributed by atoms with E-state index in [1.54, 1.807) is 6.26 Å². The zero-order valence-corrected chi connectivity index (χ0v) is 9.56. The van der Waals surface area contributed by atoms with Crippen molar-refractivity contribution >= 4 is 11.0 Å². The van der Waals surface area contributed by atoms with Crippen molar-refractivity contribution in [3.05, 3.63) is 47.9 Å². The molecule has 0 aliphatic carbocycles. The Morgan fingerprint density at radius 2 is 2.12 bits per heavy atom. The van der Waals surface area contributed by atoms with Gasteiger partial charge in [-0.3, -0.25) is 0 Å². The van der Waals surface area contributed by atoms with Crippen LogP contribution in [-0.2, 0) is 4.74 Å². The molecule has 1 aromatic carbocycles. The summed E-state index contributed by atoms with van der Waals surface area (Å²) in [7, 11) is 0. The van der Waals surface area contributed by atoms with E-state index in [0.717, 1.165) is 41.7 Å². The molecule has 1 aromatic heterocycles. The summed E-state index contributed by atoms with van der Waals surface area (Å²) in [4.78, 5) is 0. The normalized spacial score (nSPS) is 17.6. The van der Waals surface area contributed by atoms with Crippen molar-refractivity contribution in [2.45, 2.75) is 18.9 Å². The summed E-state index contributed by atoms with van der Waals surface area (Å²) < 4.78 is 11.1. The maximum absolute atomic E-state index is 6.23. The summed E-state index contributed by atoms with van der Waals surface area (Å²) in [6.45, 7) is 0.759. The maximum Gasteiger partial charge on any atom is 0.134 e. The molecule has 0 bridgehead atoms. The fourth-order valence-corrected chi connectivity index (χ4v) is 2.19. The molecule has 2 N–H and O–H groups in total. The van der Waals surface area contributed by atoms with Crippen LogP contribution in [0.1, 0.15) is 24.4 Å². The molecule has 0 saturated heterocycles. The lowest BCUT2D eigenvalue weighted by Crippen LogP contribution is -2.17. The molecule has 2 heterocycles. The second-order valence-corrected chi connectivity index (χ2v) is 4.26. The monoisotopic (exact) mass is 229 g/mol. The van der Waals surface area contributed by atoms with Crippen LogP contribution in [0.4, 0.5) is 0 Å². The van der Waals surface area contributed by atoms with Crippen molar-refractivity contribution in [3.8, 4) is 0 Å². The van der Waals surface area contributed by atoms with Crippen LogP contribution in [0.15, 0.2) is 46.8 Å². The van der Waals surface area contributed by atoms with Crippen molar-refractivity contribution in [2.24, 2.45) is 5.73 Å². The van der Waals surface area contributed by atoms with Crippen LogP contribution in [-0.4, -0.2) is 6.61 Å². The minimum Gasteiger partial charge on any atom is -0.496 e. The average Bonchev–Trinajstić information content (AvgIpc) is 2.83. The molecule has 3 rings (SSSR count). The Hall–Kier alpha value is -1.74. The Bertz CT molecular complexity index is 556. The Morgan fingerprint density at radius 1 is 1.24 bits per heavy atom. The summed E-state index contributed by atoms with van der Waals surface area (Å²) in [6.07, 6.45) is 5.92. The molecule has 88 valence electrons. The fourth-order valence-electron chi connectivity index (χ4n) is 2.19. The molecule has 1 aliphatic rings. The fraction of sp³-hybridized carbons (Fsp3) is 0.286. The summed E-state index contributed by atoms with van der Waals surface area (Å²) in [5.41, 5.74) is 8.09. The molecule has 3 heteroatoms. The number of nitrogens with two attached hydrogens (primary N) is 1. The Balaban J connectivity index is 2.00. The van der Waals surface area contributed by atoms with Crippen LogP contribution in [0.25, 0.3) is 11.0 Å². The lowest BCUT2D eigenvalue weighted by Gasteiger charge is -2.19. The number of furan rings is 1. The van der Waals surface area contributed by atoms with Crippen LogP contribution >= 0.6 is 0 Å². The molecule has 0 spiro atoms. The van der Waals surface area contributed by atoms with Gasteiger partial charge in [0.05, 0.1) is 18.9 Å². The molecule has 0 saturated carbocycles. The highest BCUT2D eigenvalue weighted by Crippen LogP contribution is 2.30. The van der Waals surface area contributed by atoms with Crippen molar-refractivity contribution in [2.75, 3.05) is 6.61 Å². The van der Waals surface area contributed by atoms with E-state index in [9.17, 15) is 0 Å². The van der Waals surface area contributed by atoms with Gasteiger partial charge in [0.25, 0.3) is 0 Å². The molecule has 17 heavy (non-hydrogen) atoms. The topological polar surface area (TPSA) is 48.4 Å². The van der Waals surface area contributed by atoms with Crippen LogP contribution in [0, 0.1) is 0 Å². The number of para-hydroxylation sites is 1. The van der Waals surface area contributed by atoms with E-state index in [4.69, 9.17) is 14.9 Å². The minimum atomic E-state index is -0.223. The quantitative estimate of drug-likeness (QED) is 0.860. The third kappa shape index (κ3) is 1.83. The number of allylic oxidation sites excluding steroid dienone is 1. The van der Waals surface area contributed by atoms with Gasteiger partial charge in [0.2, 0.25) is 0 Å². The molecular weight excluding hydrogens is 214 g/mol. The van der Waals surface area contributed by atoms with E-state index in [1.807, 2.05) is 24.3 Å². The molecule has 1 unspecified atom stereocenters. The zero-order chi connectivity index (χ0) is 11.7. The van der Waals surface area contributed by atoms with Crippen molar-refractivity contribution in [1.82, 2.24) is 0 Å². The van der Waals surface area contributed by atoms with Gasteiger partial charge in [-0.05, 0) is 25.0 Å². The van der Waals surface area contributed by atoms with Gasteiger partial charge < -0.3 is 14.9 Å². The molecule has 3 nitrogen and oxygen atoms in total. The third-order valence-electron chi connectivity index (χ3n) is 3.12. The summed E-state index contributed by atoms with van der Waals surface area (Å²) in [5.74, 6) is 0.864. The summed E-state index contributed by atoms with van der Waals surface area (Å²) in [6, 6.07) is 7.69. The molecule has 1 atom stereocenters. The number of benzene rings is 1. The standard InChI is InChI=1S/C14H15NO2/c15-14(13-7-3-4-8-16-13)11-9-17-12-6-2-1-5-10(11)12/h1-2,5-7,9,14H,3-4,8,15H2. The number of hydrogen-bond acceptors (Lipinski definition) is 3. The maximum atomic E-state index is 6.23. The summed E-state index contributed by atoms with van der Waals surface area (Å²) >= 11 is 0. The van der Waals surface area contributed by atoms with Gasteiger partial charge in [0.15, 0.2) is 0 Å². The predicted octanol–water partition coefficient (Wildman–Crippen LogP) is 3.13. The van der Waals surface area contributed by atoms with E-state index >= 15 is 0 Å². The number of ether oxygens (including phenoxy) is 1. The first-order valence-electron chi connectivity index (χ1n) is 5.91. The first-order chi connectivity index (χ1) is 8.36. The highest BCUT2D eigenvalue weighted by atomic mass is 16.5. The molecule has 0 radical (unpaired) electrons. The first-order valence-corrected chi connectivity index (χ1v) is 5.91. The second kappa shape index (κ2) is 4.26. The molecule has 0 fully saturated rings. The molecule has 0 amide bonds. The van der Waals surface area contributed by atoms with E-state index in [1.165, 1.54) is 0 Å². The van der Waals surface area contributed by atoms with Crippen LogP contribution in [0.2, 0.25) is 0 Å². The van der Waals surface area contributed by atoms with E-state index in [0.29, 0.717) is 0 Å². The Kier molecular flexibility index (Phi) is 2.61. The minimum absolute atomic E-state index is 0.223. The van der Waals surface area contributed by atoms with E-state index in [-0.39, 0.29) is 6.04 Å². The second-order valence-electron chi connectivity index (χ2n) is 4.26. The van der Waals surface area contributed by atoms with Gasteiger partial charge in [-0.1, -0.05) is 18.2 Å². The van der Waals surface area contributed by atoms with Crippen LogP contribution < -0.4 is 5.73 Å². The highest BCUT2D eigenvalue weighted by molar-refractivity contribution is 5.81. The van der Waals surface area contributed by atoms with E-state index in [2.05, 4.69) is 6.08 Å². The van der Waals surface area contributed by atoms with Gasteiger partial charge in [-0.25, -0.2) is 0 Å². The third-order valence-corrected chi connectivity index (χ3v) is 3.12. The van der Waals surface area contributed by atoms with Gasteiger partial charge in [-0.2, -0.15) is 0 Å². The van der Waals surface area contributed by atoms with Crippen LogP contribution in [0.3, 0.4) is 0 Å². The van der Waals surface area contributed by atoms with Crippen molar-refractivity contribution in [3.63, 3.8) is 0 Å². The SMILES string of the molecule is NC(C1=CCCCO1)c1coc2ccccc12. The van der Waals surface area contributed by atoms with Crippen LogP contribution in [0.5, 0.6) is 0 Å². The average molecular weight is 229 g/mol. The van der Waals surface area contributed by atoms with Gasteiger partial charge in [-0.15, -0.1) is 0 Å². The van der Waals surface area contributed by atoms with E-state index < -0.39 is 0 Å². The Labute approximate surface area is 99.9 Å². The summed E-state index contributed by atoms with van der Waals surface area (Å²) in [5, 5.41) is 1.06. The molecule has 1 aliphatic heterocycles. The van der Waals surface area contributed by atoms with Gasteiger partial charge >= 0.3 is 0 Å². The Morgan fingerprint density at radius 3 is 2.94 bits per heavy atom. The van der Waals surface area contributed by atoms with Crippen molar-refractivity contribution < 1.29 is 9.15 Å². The van der Waals surface area contributed by atoms with Gasteiger partial charge in [0.1, 0.15) is 11.3 Å². The first kappa shape index (κ1) is 10.4. The number of rotatable bonds is 2. The predicted molar refractivity (Wildman–Crippen MR) is 66.4 cm³/mol. The smallest absolute Gasteiger partial charge is 0.134 e. The largest absolute Gasteiger partial charge is 0.496 e. The zero-order valence-electron chi connectivity index (χ0n) is 9.56. The lowest BCUT2D eigenvalue weighted by molar-refractivity contribution is 0.176. The molecular formula is C14H15NO2. The number of hydrogen-bond donors (Lipinski definition) is 1.